The van der Waals surface area contributed by atoms with E-state index in [1.807, 2.05) is 24.3 Å². The third kappa shape index (κ3) is 1.93. The normalized spacial score (nSPS) is 30.1. The van der Waals surface area contributed by atoms with E-state index in [4.69, 9.17) is 10.5 Å². The summed E-state index contributed by atoms with van der Waals surface area (Å²) in [4.78, 5) is 0. The summed E-state index contributed by atoms with van der Waals surface area (Å²) < 4.78 is 5.10. The minimum Gasteiger partial charge on any atom is -0.497 e. The molecule has 1 saturated carbocycles. The van der Waals surface area contributed by atoms with Crippen molar-refractivity contribution < 1.29 is 9.84 Å². The van der Waals surface area contributed by atoms with Crippen LogP contribution in [0.4, 0.5) is 0 Å². The minimum atomic E-state index is -0.857. The average molecular weight is 221 g/mol. The number of ether oxygens (including phenoxy) is 1. The topological polar surface area (TPSA) is 55.5 Å². The first-order valence-electron chi connectivity index (χ1n) is 5.79. The van der Waals surface area contributed by atoms with Gasteiger partial charge in [-0.3, -0.25) is 0 Å². The Morgan fingerprint density at radius 1 is 1.31 bits per heavy atom. The number of rotatable bonds is 2. The minimum absolute atomic E-state index is 0.158. The molecule has 3 heteroatoms. The Bertz CT molecular complexity index is 349. The molecule has 0 aliphatic heterocycles. The molecule has 3 N–H and O–H groups in total. The molecule has 2 atom stereocenters. The Morgan fingerprint density at radius 3 is 2.56 bits per heavy atom. The van der Waals surface area contributed by atoms with Crippen molar-refractivity contribution in [3.63, 3.8) is 0 Å². The van der Waals surface area contributed by atoms with E-state index in [-0.39, 0.29) is 6.04 Å². The van der Waals surface area contributed by atoms with E-state index in [2.05, 4.69) is 0 Å². The molecule has 88 valence electrons. The molecule has 1 aromatic rings. The highest BCUT2D eigenvalue weighted by atomic mass is 16.5. The van der Waals surface area contributed by atoms with Crippen LogP contribution in [-0.2, 0) is 5.60 Å². The molecule has 1 aromatic carbocycles. The molecule has 0 aromatic heterocycles. The molecule has 0 bridgehead atoms. The molecule has 0 radical (unpaired) electrons. The fourth-order valence-electron chi connectivity index (χ4n) is 2.42. The van der Waals surface area contributed by atoms with Gasteiger partial charge in [0, 0.05) is 6.04 Å². The van der Waals surface area contributed by atoms with Crippen molar-refractivity contribution in [1.82, 2.24) is 0 Å². The number of hydrogen-bond donors (Lipinski definition) is 2. The summed E-state index contributed by atoms with van der Waals surface area (Å²) in [6, 6.07) is 7.40. The van der Waals surface area contributed by atoms with Gasteiger partial charge in [0.2, 0.25) is 0 Å². The number of aliphatic hydroxyl groups is 1. The van der Waals surface area contributed by atoms with E-state index >= 15 is 0 Å². The van der Waals surface area contributed by atoms with Gasteiger partial charge in [0.15, 0.2) is 0 Å². The van der Waals surface area contributed by atoms with Crippen molar-refractivity contribution in [1.29, 1.82) is 0 Å². The van der Waals surface area contributed by atoms with Crippen LogP contribution in [0.25, 0.3) is 0 Å². The van der Waals surface area contributed by atoms with Crippen LogP contribution >= 0.6 is 0 Å². The Balaban J connectivity index is 2.26. The monoisotopic (exact) mass is 221 g/mol. The van der Waals surface area contributed by atoms with Crippen molar-refractivity contribution in [2.24, 2.45) is 5.73 Å². The summed E-state index contributed by atoms with van der Waals surface area (Å²) in [5.74, 6) is 0.803. The predicted octanol–water partition coefficient (Wildman–Crippen LogP) is 1.78. The van der Waals surface area contributed by atoms with Gasteiger partial charge in [0.1, 0.15) is 11.4 Å². The molecule has 0 spiro atoms. The van der Waals surface area contributed by atoms with Crippen LogP contribution in [0.3, 0.4) is 0 Å². The lowest BCUT2D eigenvalue weighted by Gasteiger charge is -2.38. The van der Waals surface area contributed by atoms with Crippen LogP contribution < -0.4 is 10.5 Å². The van der Waals surface area contributed by atoms with E-state index in [1.165, 1.54) is 0 Å². The fourth-order valence-corrected chi connectivity index (χ4v) is 2.42. The lowest BCUT2D eigenvalue weighted by Crippen LogP contribution is -2.47. The summed E-state index contributed by atoms with van der Waals surface area (Å²) in [6.45, 7) is 0. The van der Waals surface area contributed by atoms with Crippen molar-refractivity contribution in [3.8, 4) is 5.75 Å². The van der Waals surface area contributed by atoms with Gasteiger partial charge in [-0.05, 0) is 30.5 Å². The lowest BCUT2D eigenvalue weighted by atomic mass is 9.76. The second-order valence-electron chi connectivity index (χ2n) is 4.51. The van der Waals surface area contributed by atoms with Crippen molar-refractivity contribution >= 4 is 0 Å². The Morgan fingerprint density at radius 2 is 2.00 bits per heavy atom. The number of hydrogen-bond acceptors (Lipinski definition) is 3. The van der Waals surface area contributed by atoms with E-state index in [1.54, 1.807) is 7.11 Å². The maximum Gasteiger partial charge on any atom is 0.118 e. The molecular formula is C13H19NO2. The molecule has 16 heavy (non-hydrogen) atoms. The molecule has 1 fully saturated rings. The third-order valence-electron chi connectivity index (χ3n) is 3.53. The Hall–Kier alpha value is -1.06. The summed E-state index contributed by atoms with van der Waals surface area (Å²) in [5.41, 5.74) is 6.08. The van der Waals surface area contributed by atoms with Crippen LogP contribution in [0.15, 0.2) is 24.3 Å². The average Bonchev–Trinajstić information content (AvgIpc) is 2.33. The third-order valence-corrected chi connectivity index (χ3v) is 3.53. The zero-order chi connectivity index (χ0) is 11.6. The SMILES string of the molecule is COc1ccc(C2(O)CCCCC2N)cc1. The zero-order valence-electron chi connectivity index (χ0n) is 9.65. The van der Waals surface area contributed by atoms with E-state index in [0.29, 0.717) is 0 Å². The van der Waals surface area contributed by atoms with Gasteiger partial charge >= 0.3 is 0 Å². The Labute approximate surface area is 96.2 Å². The smallest absolute Gasteiger partial charge is 0.118 e. The summed E-state index contributed by atoms with van der Waals surface area (Å²) >= 11 is 0. The van der Waals surface area contributed by atoms with Gasteiger partial charge in [0.25, 0.3) is 0 Å². The number of nitrogens with two attached hydrogens (primary N) is 1. The highest BCUT2D eigenvalue weighted by Crippen LogP contribution is 2.36. The molecule has 1 aliphatic rings. The van der Waals surface area contributed by atoms with E-state index in [9.17, 15) is 5.11 Å². The first kappa shape index (κ1) is 11.4. The quantitative estimate of drug-likeness (QED) is 0.800. The van der Waals surface area contributed by atoms with Gasteiger partial charge in [-0.1, -0.05) is 25.0 Å². The molecule has 1 aliphatic carbocycles. The molecule has 0 heterocycles. The van der Waals surface area contributed by atoms with Crippen LogP contribution in [-0.4, -0.2) is 18.3 Å². The standard InChI is InChI=1S/C13H19NO2/c1-16-11-7-5-10(6-8-11)13(15)9-3-2-4-12(13)14/h5-8,12,15H,2-4,9,14H2,1H3. The van der Waals surface area contributed by atoms with Crippen molar-refractivity contribution in [3.05, 3.63) is 29.8 Å². The molecule has 3 nitrogen and oxygen atoms in total. The summed E-state index contributed by atoms with van der Waals surface area (Å²) in [7, 11) is 1.63. The first-order valence-corrected chi connectivity index (χ1v) is 5.79. The molecule has 2 rings (SSSR count). The van der Waals surface area contributed by atoms with Crippen LogP contribution in [0, 0.1) is 0 Å². The van der Waals surface area contributed by atoms with Gasteiger partial charge in [0.05, 0.1) is 7.11 Å². The van der Waals surface area contributed by atoms with E-state index < -0.39 is 5.60 Å². The summed E-state index contributed by atoms with van der Waals surface area (Å²) in [6.07, 6.45) is 3.79. The molecule has 0 saturated heterocycles. The van der Waals surface area contributed by atoms with Crippen LogP contribution in [0.1, 0.15) is 31.2 Å². The van der Waals surface area contributed by atoms with Crippen LogP contribution in [0.5, 0.6) is 5.75 Å². The number of methoxy groups -OCH3 is 1. The van der Waals surface area contributed by atoms with Gasteiger partial charge < -0.3 is 15.6 Å². The van der Waals surface area contributed by atoms with Gasteiger partial charge in [-0.2, -0.15) is 0 Å². The Kier molecular flexibility index (Phi) is 3.17. The predicted molar refractivity (Wildman–Crippen MR) is 63.3 cm³/mol. The highest BCUT2D eigenvalue weighted by molar-refractivity contribution is 5.32. The largest absolute Gasteiger partial charge is 0.497 e. The van der Waals surface area contributed by atoms with Crippen LogP contribution in [0.2, 0.25) is 0 Å². The van der Waals surface area contributed by atoms with Crippen molar-refractivity contribution in [2.45, 2.75) is 37.3 Å². The second kappa shape index (κ2) is 4.44. The number of benzene rings is 1. The second-order valence-corrected chi connectivity index (χ2v) is 4.51. The highest BCUT2D eigenvalue weighted by Gasteiger charge is 2.38. The molecule has 2 unspecified atom stereocenters. The molecule has 0 amide bonds. The lowest BCUT2D eigenvalue weighted by molar-refractivity contribution is -0.0193. The maximum atomic E-state index is 10.6. The fraction of sp³-hybridized carbons (Fsp3) is 0.538. The van der Waals surface area contributed by atoms with E-state index in [0.717, 1.165) is 37.0 Å². The summed E-state index contributed by atoms with van der Waals surface area (Å²) in [5, 5.41) is 10.6. The first-order chi connectivity index (χ1) is 7.66. The zero-order valence-corrected chi connectivity index (χ0v) is 9.65. The van der Waals surface area contributed by atoms with Gasteiger partial charge in [-0.15, -0.1) is 0 Å². The maximum absolute atomic E-state index is 10.6. The van der Waals surface area contributed by atoms with Gasteiger partial charge in [-0.25, -0.2) is 0 Å². The van der Waals surface area contributed by atoms with Crippen molar-refractivity contribution in [2.75, 3.05) is 7.11 Å². The molecular weight excluding hydrogens is 202 g/mol.